The second kappa shape index (κ2) is 3.15. The molecular weight excluding hydrogens is 234 g/mol. The molecule has 0 radical (unpaired) electrons. The molecule has 2 heterocycles. The molecule has 1 N–H and O–H groups in total. The highest BCUT2D eigenvalue weighted by Crippen LogP contribution is 2.41. The third-order valence-corrected chi connectivity index (χ3v) is 3.50. The van der Waals surface area contributed by atoms with E-state index >= 15 is 0 Å². The lowest BCUT2D eigenvalue weighted by Crippen LogP contribution is -2.42. The summed E-state index contributed by atoms with van der Waals surface area (Å²) in [7, 11) is 0. The normalized spacial score (nSPS) is 18.1. The zero-order valence-corrected chi connectivity index (χ0v) is 9.10. The summed E-state index contributed by atoms with van der Waals surface area (Å²) in [6.45, 7) is 0.320. The smallest absolute Gasteiger partial charge is 0.260 e. The van der Waals surface area contributed by atoms with Gasteiger partial charge in [0.2, 0.25) is 0 Å². The fraction of sp³-hybridized carbons (Fsp3) is 0.111. The average Bonchev–Trinajstić information content (AvgIpc) is 2.54. The van der Waals surface area contributed by atoms with Crippen LogP contribution in [0, 0.1) is 0 Å². The van der Waals surface area contributed by atoms with Crippen molar-refractivity contribution in [3.8, 4) is 0 Å². The molecule has 0 aliphatic carbocycles. The number of nitrogens with zero attached hydrogens (tertiary/aromatic N) is 2. The molecule has 0 saturated heterocycles. The minimum absolute atomic E-state index is 0.0952. The van der Waals surface area contributed by atoms with Gasteiger partial charge >= 0.3 is 0 Å². The van der Waals surface area contributed by atoms with Crippen LogP contribution in [-0.2, 0) is 4.79 Å². The maximum absolute atomic E-state index is 11.2. The molecule has 2 aliphatic rings. The number of hydrogen-bond acceptors (Lipinski definition) is 4. The van der Waals surface area contributed by atoms with E-state index in [-0.39, 0.29) is 5.91 Å². The summed E-state index contributed by atoms with van der Waals surface area (Å²) in [4.78, 5) is 14.1. The fourth-order valence-corrected chi connectivity index (χ4v) is 2.84. The van der Waals surface area contributed by atoms with Crippen LogP contribution in [0.4, 0.5) is 5.69 Å². The molecule has 0 bridgehead atoms. The second-order valence-electron chi connectivity index (χ2n) is 3.23. The Morgan fingerprint density at radius 2 is 2.40 bits per heavy atom. The van der Waals surface area contributed by atoms with Crippen molar-refractivity contribution < 1.29 is 4.79 Å². The number of carbonyl (C=O) groups is 1. The number of nitrogens with one attached hydrogen (secondary N) is 1. The van der Waals surface area contributed by atoms with Crippen molar-refractivity contribution in [3.05, 3.63) is 23.2 Å². The molecule has 0 saturated carbocycles. The number of thioether (sulfide) groups is 1. The molecule has 1 aromatic carbocycles. The summed E-state index contributed by atoms with van der Waals surface area (Å²) in [5, 5.41) is 5.47. The Kier molecular flexibility index (Phi) is 1.90. The summed E-state index contributed by atoms with van der Waals surface area (Å²) in [6, 6.07) is 5.61. The summed E-state index contributed by atoms with van der Waals surface area (Å²) in [5.41, 5.74) is 3.45. The predicted molar refractivity (Wildman–Crippen MR) is 60.2 cm³/mol. The topological polar surface area (TPSA) is 44.7 Å². The van der Waals surface area contributed by atoms with Crippen LogP contribution in [0.25, 0.3) is 0 Å². The van der Waals surface area contributed by atoms with Gasteiger partial charge in [-0.1, -0.05) is 11.6 Å². The first kappa shape index (κ1) is 9.06. The standard InChI is InChI=1S/C9H6ClN3OS/c10-5-1-2-6-7(3-5)15-9-12-11-8(14)4-13(6)9/h1-3H,4H2,(H,11,14). The maximum Gasteiger partial charge on any atom is 0.260 e. The monoisotopic (exact) mass is 239 g/mol. The SMILES string of the molecule is O=C1CN2C(=NN1)Sc1cc(Cl)ccc12. The summed E-state index contributed by atoms with van der Waals surface area (Å²) < 4.78 is 0. The van der Waals surface area contributed by atoms with Crippen LogP contribution in [-0.4, -0.2) is 17.6 Å². The van der Waals surface area contributed by atoms with Gasteiger partial charge in [-0.05, 0) is 30.0 Å². The molecule has 76 valence electrons. The van der Waals surface area contributed by atoms with Crippen molar-refractivity contribution in [2.75, 3.05) is 11.4 Å². The van der Waals surface area contributed by atoms with E-state index in [1.165, 1.54) is 11.8 Å². The van der Waals surface area contributed by atoms with E-state index in [2.05, 4.69) is 10.5 Å². The summed E-state index contributed by atoms with van der Waals surface area (Å²) >= 11 is 7.41. The van der Waals surface area contributed by atoms with Gasteiger partial charge in [-0.2, -0.15) is 0 Å². The van der Waals surface area contributed by atoms with Gasteiger partial charge < -0.3 is 4.90 Å². The Morgan fingerprint density at radius 3 is 3.27 bits per heavy atom. The number of hydrogen-bond donors (Lipinski definition) is 1. The van der Waals surface area contributed by atoms with Crippen molar-refractivity contribution in [3.63, 3.8) is 0 Å². The predicted octanol–water partition coefficient (Wildman–Crippen LogP) is 1.65. The highest BCUT2D eigenvalue weighted by atomic mass is 35.5. The van der Waals surface area contributed by atoms with E-state index in [0.717, 1.165) is 15.8 Å². The molecule has 6 heteroatoms. The van der Waals surface area contributed by atoms with Gasteiger partial charge in [-0.25, -0.2) is 5.43 Å². The first-order chi connectivity index (χ1) is 7.24. The van der Waals surface area contributed by atoms with Crippen LogP contribution in [0.3, 0.4) is 0 Å². The molecule has 1 aromatic rings. The lowest BCUT2D eigenvalue weighted by molar-refractivity contribution is -0.119. The molecule has 0 fully saturated rings. The van der Waals surface area contributed by atoms with Gasteiger partial charge in [0.25, 0.3) is 5.91 Å². The largest absolute Gasteiger partial charge is 0.309 e. The molecule has 0 unspecified atom stereocenters. The Morgan fingerprint density at radius 1 is 1.53 bits per heavy atom. The van der Waals surface area contributed by atoms with E-state index in [1.807, 2.05) is 23.1 Å². The number of carbonyl (C=O) groups excluding carboxylic acids is 1. The van der Waals surface area contributed by atoms with E-state index in [9.17, 15) is 4.79 Å². The van der Waals surface area contributed by atoms with E-state index in [1.54, 1.807) is 0 Å². The molecule has 0 aromatic heterocycles. The Labute approximate surface area is 95.3 Å². The lowest BCUT2D eigenvalue weighted by atomic mass is 10.3. The number of rotatable bonds is 0. The van der Waals surface area contributed by atoms with E-state index in [4.69, 9.17) is 11.6 Å². The van der Waals surface area contributed by atoms with Crippen molar-refractivity contribution in [1.29, 1.82) is 0 Å². The van der Waals surface area contributed by atoms with Gasteiger partial charge in [-0.3, -0.25) is 4.79 Å². The van der Waals surface area contributed by atoms with Crippen LogP contribution in [0.5, 0.6) is 0 Å². The summed E-state index contributed by atoms with van der Waals surface area (Å²) in [5.74, 6) is -0.0952. The third-order valence-electron chi connectivity index (χ3n) is 2.22. The van der Waals surface area contributed by atoms with Gasteiger partial charge in [0.15, 0.2) is 5.17 Å². The van der Waals surface area contributed by atoms with E-state index in [0.29, 0.717) is 11.6 Å². The lowest BCUT2D eigenvalue weighted by Gasteiger charge is -2.21. The Balaban J connectivity index is 2.09. The van der Waals surface area contributed by atoms with Gasteiger partial charge in [-0.15, -0.1) is 5.10 Å². The quantitative estimate of drug-likeness (QED) is 0.749. The average molecular weight is 240 g/mol. The number of hydrazone groups is 1. The van der Waals surface area contributed by atoms with Crippen molar-refractivity contribution in [2.45, 2.75) is 4.90 Å². The van der Waals surface area contributed by atoms with E-state index < -0.39 is 0 Å². The van der Waals surface area contributed by atoms with Crippen molar-refractivity contribution in [1.82, 2.24) is 5.43 Å². The number of amides is 1. The van der Waals surface area contributed by atoms with Crippen molar-refractivity contribution >= 4 is 40.1 Å². The molecule has 4 nitrogen and oxygen atoms in total. The molecule has 15 heavy (non-hydrogen) atoms. The van der Waals surface area contributed by atoms with Gasteiger partial charge in [0, 0.05) is 9.92 Å². The number of anilines is 1. The number of halogens is 1. The van der Waals surface area contributed by atoms with Crippen LogP contribution >= 0.6 is 23.4 Å². The molecule has 1 amide bonds. The first-order valence-corrected chi connectivity index (χ1v) is 5.55. The molecule has 3 rings (SSSR count). The Bertz CT molecular complexity index is 488. The van der Waals surface area contributed by atoms with Crippen molar-refractivity contribution in [2.24, 2.45) is 5.10 Å². The maximum atomic E-state index is 11.2. The number of fused-ring (bicyclic) bond motifs is 3. The first-order valence-electron chi connectivity index (χ1n) is 4.35. The second-order valence-corrected chi connectivity index (χ2v) is 4.68. The van der Waals surface area contributed by atoms with Crippen LogP contribution in [0.1, 0.15) is 0 Å². The minimum Gasteiger partial charge on any atom is -0.309 e. The van der Waals surface area contributed by atoms with Gasteiger partial charge in [0.1, 0.15) is 6.54 Å². The molecule has 0 spiro atoms. The highest BCUT2D eigenvalue weighted by Gasteiger charge is 2.31. The molecule has 0 atom stereocenters. The number of benzene rings is 1. The zero-order chi connectivity index (χ0) is 10.4. The zero-order valence-electron chi connectivity index (χ0n) is 7.53. The third kappa shape index (κ3) is 1.39. The minimum atomic E-state index is -0.0952. The highest BCUT2D eigenvalue weighted by molar-refractivity contribution is 8.14. The van der Waals surface area contributed by atoms with Crippen LogP contribution in [0.2, 0.25) is 5.02 Å². The van der Waals surface area contributed by atoms with Crippen LogP contribution in [0.15, 0.2) is 28.2 Å². The fourth-order valence-electron chi connectivity index (χ4n) is 1.57. The number of amidine groups is 1. The Hall–Kier alpha value is -1.20. The van der Waals surface area contributed by atoms with Gasteiger partial charge in [0.05, 0.1) is 5.69 Å². The molecular formula is C9H6ClN3OS. The molecule has 2 aliphatic heterocycles. The summed E-state index contributed by atoms with van der Waals surface area (Å²) in [6.07, 6.45) is 0. The van der Waals surface area contributed by atoms with Crippen LogP contribution < -0.4 is 10.3 Å².